The second-order valence-corrected chi connectivity index (χ2v) is 8.05. The second-order valence-electron chi connectivity index (χ2n) is 5.39. The third-order valence-electron chi connectivity index (χ3n) is 3.89. The molecular formula is C12H14N5O6PS. The van der Waals surface area contributed by atoms with Crippen molar-refractivity contribution in [1.29, 1.82) is 5.26 Å². The number of rotatable bonds is 4. The summed E-state index contributed by atoms with van der Waals surface area (Å²) in [6.07, 6.45) is -3.24. The maximum absolute atomic E-state index is 10.4. The fraction of sp³-hybridized carbons (Fsp3) is 0.417. The Balaban J connectivity index is 2.01. The number of aliphatic hydroxyl groups is 2. The van der Waals surface area contributed by atoms with Crippen molar-refractivity contribution in [2.24, 2.45) is 0 Å². The van der Waals surface area contributed by atoms with Crippen LogP contribution in [0.5, 0.6) is 0 Å². The van der Waals surface area contributed by atoms with Gasteiger partial charge in [-0.2, -0.15) is 10.4 Å². The van der Waals surface area contributed by atoms with Crippen molar-refractivity contribution in [3.8, 4) is 6.07 Å². The van der Waals surface area contributed by atoms with Crippen LogP contribution in [0.2, 0.25) is 0 Å². The standard InChI is InChI=1S/C12H14N5O6PS/c13-4-12(8-2-1-6-11(14)15-5-16-17(6)8)10(19)9(18)7(23-12)3-22-24(20,21)25/h1-2,5,7,9-10,18-19H,3H2,(H2,14,15,16)(H2,20,21,25)/t7-,9-,10-,12+/m1/s1. The van der Waals surface area contributed by atoms with Crippen molar-refractivity contribution in [2.75, 3.05) is 12.3 Å². The molecule has 1 fully saturated rings. The molecule has 0 aliphatic carbocycles. The van der Waals surface area contributed by atoms with E-state index in [2.05, 4.69) is 26.4 Å². The smallest absolute Gasteiger partial charge is 0.321 e. The Morgan fingerprint density at radius 1 is 1.48 bits per heavy atom. The first-order valence-corrected chi connectivity index (χ1v) is 9.56. The van der Waals surface area contributed by atoms with Gasteiger partial charge in [-0.05, 0) is 23.9 Å². The van der Waals surface area contributed by atoms with E-state index < -0.39 is 37.2 Å². The Morgan fingerprint density at radius 2 is 2.20 bits per heavy atom. The molecule has 3 rings (SSSR count). The summed E-state index contributed by atoms with van der Waals surface area (Å²) in [5, 5.41) is 34.3. The molecule has 2 aromatic heterocycles. The Bertz CT molecular complexity index is 896. The van der Waals surface area contributed by atoms with Gasteiger partial charge in [0.25, 0.3) is 0 Å². The topological polar surface area (TPSA) is 179 Å². The zero-order chi connectivity index (χ0) is 18.4. The highest BCUT2D eigenvalue weighted by Crippen LogP contribution is 2.43. The average Bonchev–Trinajstić information content (AvgIpc) is 3.08. The van der Waals surface area contributed by atoms with Gasteiger partial charge in [-0.15, -0.1) is 0 Å². The first-order chi connectivity index (χ1) is 11.7. The largest absolute Gasteiger partial charge is 0.387 e. The number of nitriles is 1. The molecule has 0 unspecified atom stereocenters. The van der Waals surface area contributed by atoms with Gasteiger partial charge in [0.2, 0.25) is 5.60 Å². The minimum atomic E-state index is -3.99. The number of fused-ring (bicyclic) bond motifs is 1. The lowest BCUT2D eigenvalue weighted by Crippen LogP contribution is -2.41. The summed E-state index contributed by atoms with van der Waals surface area (Å²) >= 11 is 4.33. The number of nitrogens with two attached hydrogens (primary N) is 1. The van der Waals surface area contributed by atoms with Gasteiger partial charge in [0.1, 0.15) is 36.2 Å². The zero-order valence-corrected chi connectivity index (χ0v) is 14.2. The predicted molar refractivity (Wildman–Crippen MR) is 86.3 cm³/mol. The van der Waals surface area contributed by atoms with Crippen LogP contribution in [-0.4, -0.2) is 59.5 Å². The molecule has 0 saturated carbocycles. The molecule has 1 aliphatic heterocycles. The minimum absolute atomic E-state index is 0.126. The molecule has 4 atom stereocenters. The number of hydrogen-bond acceptors (Lipinski definition) is 9. The number of aromatic nitrogens is 3. The fourth-order valence-corrected chi connectivity index (χ4v) is 3.24. The van der Waals surface area contributed by atoms with Crippen LogP contribution in [0, 0.1) is 11.3 Å². The van der Waals surface area contributed by atoms with Gasteiger partial charge in [0.15, 0.2) is 5.82 Å². The van der Waals surface area contributed by atoms with Crippen LogP contribution in [-0.2, 0) is 26.7 Å². The van der Waals surface area contributed by atoms with E-state index in [0.29, 0.717) is 5.52 Å². The van der Waals surface area contributed by atoms with E-state index in [-0.39, 0.29) is 11.5 Å². The van der Waals surface area contributed by atoms with Crippen LogP contribution in [0.15, 0.2) is 18.5 Å². The van der Waals surface area contributed by atoms with Gasteiger partial charge in [-0.3, -0.25) is 0 Å². The van der Waals surface area contributed by atoms with Gasteiger partial charge in [0.05, 0.1) is 12.3 Å². The molecule has 0 bridgehead atoms. The molecule has 0 amide bonds. The first kappa shape index (κ1) is 18.1. The van der Waals surface area contributed by atoms with Crippen molar-refractivity contribution in [2.45, 2.75) is 23.9 Å². The summed E-state index contributed by atoms with van der Waals surface area (Å²) in [6.45, 7) is -4.51. The van der Waals surface area contributed by atoms with Gasteiger partial charge in [0, 0.05) is 0 Å². The number of hydrogen-bond donors (Lipinski definition) is 5. The molecule has 11 nitrogen and oxygen atoms in total. The monoisotopic (exact) mass is 387 g/mol. The number of nitrogens with zero attached hydrogens (tertiary/aromatic N) is 4. The van der Waals surface area contributed by atoms with Crippen molar-refractivity contribution in [1.82, 2.24) is 14.6 Å². The van der Waals surface area contributed by atoms with Crippen molar-refractivity contribution < 1.29 is 29.3 Å². The van der Waals surface area contributed by atoms with Crippen molar-refractivity contribution in [3.63, 3.8) is 0 Å². The van der Waals surface area contributed by atoms with Crippen LogP contribution in [0.1, 0.15) is 5.69 Å². The summed E-state index contributed by atoms with van der Waals surface area (Å²) in [5.74, 6) is 0.156. The highest BCUT2D eigenvalue weighted by atomic mass is 32.5. The lowest BCUT2D eigenvalue weighted by Gasteiger charge is -2.24. The molecule has 0 radical (unpaired) electrons. The maximum atomic E-state index is 10.4. The predicted octanol–water partition coefficient (Wildman–Crippen LogP) is -1.62. The molecule has 134 valence electrons. The molecule has 0 aromatic carbocycles. The van der Waals surface area contributed by atoms with E-state index in [0.717, 1.165) is 0 Å². The molecule has 1 saturated heterocycles. The lowest BCUT2D eigenvalue weighted by atomic mass is 9.92. The third-order valence-corrected chi connectivity index (χ3v) is 4.70. The summed E-state index contributed by atoms with van der Waals surface area (Å²) < 4.78 is 11.5. The quantitative estimate of drug-likeness (QED) is 0.380. The molecular weight excluding hydrogens is 373 g/mol. The van der Waals surface area contributed by atoms with E-state index in [4.69, 9.17) is 20.3 Å². The van der Waals surface area contributed by atoms with E-state index in [1.165, 1.54) is 23.0 Å². The minimum Gasteiger partial charge on any atom is -0.387 e. The van der Waals surface area contributed by atoms with Crippen LogP contribution in [0.3, 0.4) is 0 Å². The van der Waals surface area contributed by atoms with Gasteiger partial charge in [-0.1, -0.05) is 0 Å². The Morgan fingerprint density at radius 3 is 2.84 bits per heavy atom. The SMILES string of the molecule is N#C[C@@]1(c2ccc3c(N)ncnn23)O[C@H](COP(O)(O)=S)[C@@H](O)[C@H]1O. The summed E-state index contributed by atoms with van der Waals surface area (Å²) in [5.41, 5.74) is 4.28. The number of ether oxygens (including phenoxy) is 1. The fourth-order valence-electron chi connectivity index (χ4n) is 2.72. The molecule has 25 heavy (non-hydrogen) atoms. The van der Waals surface area contributed by atoms with Crippen LogP contribution in [0.25, 0.3) is 5.52 Å². The average molecular weight is 387 g/mol. The molecule has 1 aliphatic rings. The molecule has 2 aromatic rings. The second kappa shape index (κ2) is 6.24. The van der Waals surface area contributed by atoms with E-state index in [1.807, 2.05) is 6.07 Å². The highest BCUT2D eigenvalue weighted by molar-refractivity contribution is 8.06. The number of anilines is 1. The molecule has 3 heterocycles. The third kappa shape index (κ3) is 3.01. The molecule has 13 heteroatoms. The summed E-state index contributed by atoms with van der Waals surface area (Å²) in [6, 6.07) is 4.85. The summed E-state index contributed by atoms with van der Waals surface area (Å²) in [7, 11) is 0. The van der Waals surface area contributed by atoms with E-state index in [9.17, 15) is 15.5 Å². The van der Waals surface area contributed by atoms with Crippen LogP contribution < -0.4 is 5.73 Å². The molecule has 6 N–H and O–H groups in total. The van der Waals surface area contributed by atoms with Crippen LogP contribution >= 0.6 is 6.72 Å². The van der Waals surface area contributed by atoms with Crippen molar-refractivity contribution in [3.05, 3.63) is 24.2 Å². The van der Waals surface area contributed by atoms with Crippen molar-refractivity contribution >= 4 is 29.9 Å². The normalized spacial score (nSPS) is 29.8. The lowest BCUT2D eigenvalue weighted by molar-refractivity contribution is -0.0621. The molecule has 0 spiro atoms. The van der Waals surface area contributed by atoms with Crippen LogP contribution in [0.4, 0.5) is 5.82 Å². The maximum Gasteiger partial charge on any atom is 0.321 e. The number of nitrogen functional groups attached to an aromatic ring is 1. The van der Waals surface area contributed by atoms with Gasteiger partial charge >= 0.3 is 6.72 Å². The Hall–Kier alpha value is -1.68. The van der Waals surface area contributed by atoms with E-state index in [1.54, 1.807) is 0 Å². The number of aliphatic hydroxyl groups excluding tert-OH is 2. The van der Waals surface area contributed by atoms with Gasteiger partial charge < -0.3 is 35.0 Å². The Labute approximate surface area is 146 Å². The zero-order valence-electron chi connectivity index (χ0n) is 12.5. The highest BCUT2D eigenvalue weighted by Gasteiger charge is 2.57. The van der Waals surface area contributed by atoms with E-state index >= 15 is 0 Å². The Kier molecular flexibility index (Phi) is 4.52. The van der Waals surface area contributed by atoms with Gasteiger partial charge in [-0.25, -0.2) is 9.50 Å². The summed E-state index contributed by atoms with van der Waals surface area (Å²) in [4.78, 5) is 22.1. The first-order valence-electron chi connectivity index (χ1n) is 6.93.